The first-order valence-electron chi connectivity index (χ1n) is 7.67. The number of aromatic hydroxyl groups is 1. The van der Waals surface area contributed by atoms with E-state index in [-0.39, 0.29) is 29.7 Å². The minimum absolute atomic E-state index is 0. The molecule has 0 saturated heterocycles. The molecule has 0 fully saturated rings. The maximum atomic E-state index is 10.0. The number of phenolic OH excluding ortho intramolecular Hbond substituents is 1. The van der Waals surface area contributed by atoms with Crippen LogP contribution in [0.25, 0.3) is 0 Å². The largest absolute Gasteiger partial charge is 0.504 e. The molecule has 1 rings (SSSR count). The lowest BCUT2D eigenvalue weighted by molar-refractivity contribution is 0.155. The predicted molar refractivity (Wildman–Crippen MR) is 104 cm³/mol. The van der Waals surface area contributed by atoms with Crippen LogP contribution in [0.1, 0.15) is 19.4 Å². The summed E-state index contributed by atoms with van der Waals surface area (Å²) in [5.41, 5.74) is 0.844. The summed E-state index contributed by atoms with van der Waals surface area (Å²) in [6, 6.07) is 5.50. The molecule has 1 aromatic carbocycles. The zero-order valence-corrected chi connectivity index (χ0v) is 16.4. The summed E-state index contributed by atoms with van der Waals surface area (Å²) >= 11 is 0. The molecule has 0 unspecified atom stereocenters. The number of halogens is 1. The first-order chi connectivity index (χ1) is 10.7. The molecular formula is C16H28IN3O3. The maximum Gasteiger partial charge on any atom is 0.191 e. The Morgan fingerprint density at radius 2 is 2.04 bits per heavy atom. The third-order valence-electron chi connectivity index (χ3n) is 3.04. The Morgan fingerprint density at radius 1 is 1.26 bits per heavy atom. The first kappa shape index (κ1) is 21.8. The van der Waals surface area contributed by atoms with Crippen LogP contribution in [0.15, 0.2) is 23.2 Å². The molecule has 0 heterocycles. The second-order valence-electron chi connectivity index (χ2n) is 4.60. The fourth-order valence-electron chi connectivity index (χ4n) is 1.96. The van der Waals surface area contributed by atoms with Crippen LogP contribution >= 0.6 is 24.0 Å². The topological polar surface area (TPSA) is 75.1 Å². The first-order valence-corrected chi connectivity index (χ1v) is 7.67. The Balaban J connectivity index is 0.00000484. The number of nitrogens with one attached hydrogen (secondary N) is 2. The van der Waals surface area contributed by atoms with E-state index in [9.17, 15) is 5.11 Å². The van der Waals surface area contributed by atoms with Crippen molar-refractivity contribution < 1.29 is 14.6 Å². The SMILES string of the molecule is CCNC(=NCCOCC)NCCc1cccc(OC)c1O.I. The summed E-state index contributed by atoms with van der Waals surface area (Å²) in [4.78, 5) is 4.42. The average molecular weight is 437 g/mol. The zero-order valence-electron chi connectivity index (χ0n) is 14.1. The number of hydrogen-bond acceptors (Lipinski definition) is 4. The van der Waals surface area contributed by atoms with E-state index >= 15 is 0 Å². The molecule has 0 amide bonds. The Labute approximate surface area is 155 Å². The molecule has 7 heteroatoms. The van der Waals surface area contributed by atoms with Gasteiger partial charge in [0.25, 0.3) is 0 Å². The predicted octanol–water partition coefficient (Wildman–Crippen LogP) is 2.15. The molecule has 0 aliphatic rings. The molecule has 0 aromatic heterocycles. The van der Waals surface area contributed by atoms with Crippen molar-refractivity contribution in [3.8, 4) is 11.5 Å². The molecule has 0 radical (unpaired) electrons. The average Bonchev–Trinajstić information content (AvgIpc) is 2.53. The molecule has 0 spiro atoms. The quantitative estimate of drug-likeness (QED) is 0.239. The Morgan fingerprint density at radius 3 is 2.70 bits per heavy atom. The van der Waals surface area contributed by atoms with Gasteiger partial charge in [0.2, 0.25) is 0 Å². The van der Waals surface area contributed by atoms with Gasteiger partial charge in [0.15, 0.2) is 17.5 Å². The lowest BCUT2D eigenvalue weighted by Crippen LogP contribution is -2.38. The number of phenols is 1. The molecular weight excluding hydrogens is 409 g/mol. The lowest BCUT2D eigenvalue weighted by atomic mass is 10.1. The van der Waals surface area contributed by atoms with Gasteiger partial charge in [-0.25, -0.2) is 0 Å². The Hall–Kier alpha value is -1.22. The smallest absolute Gasteiger partial charge is 0.191 e. The number of nitrogens with zero attached hydrogens (tertiary/aromatic N) is 1. The van der Waals surface area contributed by atoms with Crippen LogP contribution in [0.3, 0.4) is 0 Å². The minimum Gasteiger partial charge on any atom is -0.504 e. The number of rotatable bonds is 9. The Bertz CT molecular complexity index is 470. The standard InChI is InChI=1S/C16H27N3O3.HI/c1-4-17-16(19-11-12-22-5-2)18-10-9-13-7-6-8-14(21-3)15(13)20;/h6-8,20H,4-5,9-12H2,1-3H3,(H2,17,18,19);1H. The second kappa shape index (κ2) is 13.2. The highest BCUT2D eigenvalue weighted by Crippen LogP contribution is 2.29. The summed E-state index contributed by atoms with van der Waals surface area (Å²) in [6.07, 6.45) is 0.679. The summed E-state index contributed by atoms with van der Waals surface area (Å²) in [7, 11) is 1.55. The van der Waals surface area contributed by atoms with Gasteiger partial charge < -0.3 is 25.2 Å². The molecule has 3 N–H and O–H groups in total. The van der Waals surface area contributed by atoms with Gasteiger partial charge in [-0.3, -0.25) is 4.99 Å². The molecule has 23 heavy (non-hydrogen) atoms. The van der Waals surface area contributed by atoms with Crippen LogP contribution in [0.5, 0.6) is 11.5 Å². The van der Waals surface area contributed by atoms with Crippen molar-refractivity contribution in [1.82, 2.24) is 10.6 Å². The third-order valence-corrected chi connectivity index (χ3v) is 3.04. The molecule has 6 nitrogen and oxygen atoms in total. The van der Waals surface area contributed by atoms with Crippen molar-refractivity contribution in [2.45, 2.75) is 20.3 Å². The van der Waals surface area contributed by atoms with Crippen LogP contribution in [0.4, 0.5) is 0 Å². The van der Waals surface area contributed by atoms with Crippen molar-refractivity contribution in [3.63, 3.8) is 0 Å². The molecule has 0 atom stereocenters. The van der Waals surface area contributed by atoms with E-state index < -0.39 is 0 Å². The van der Waals surface area contributed by atoms with E-state index in [2.05, 4.69) is 15.6 Å². The van der Waals surface area contributed by atoms with E-state index in [1.807, 2.05) is 26.0 Å². The van der Waals surface area contributed by atoms with Crippen molar-refractivity contribution in [3.05, 3.63) is 23.8 Å². The van der Waals surface area contributed by atoms with Gasteiger partial charge in [-0.15, -0.1) is 24.0 Å². The minimum atomic E-state index is 0. The lowest BCUT2D eigenvalue weighted by Gasteiger charge is -2.12. The zero-order chi connectivity index (χ0) is 16.2. The highest BCUT2D eigenvalue weighted by molar-refractivity contribution is 14.0. The van der Waals surface area contributed by atoms with Gasteiger partial charge >= 0.3 is 0 Å². The molecule has 132 valence electrons. The highest BCUT2D eigenvalue weighted by Gasteiger charge is 2.07. The van der Waals surface area contributed by atoms with E-state index in [0.29, 0.717) is 38.5 Å². The van der Waals surface area contributed by atoms with Gasteiger partial charge in [0.1, 0.15) is 0 Å². The van der Waals surface area contributed by atoms with E-state index in [0.717, 1.165) is 18.1 Å². The van der Waals surface area contributed by atoms with E-state index in [4.69, 9.17) is 9.47 Å². The number of aliphatic imine (C=N–C) groups is 1. The number of benzene rings is 1. The third kappa shape index (κ3) is 8.26. The van der Waals surface area contributed by atoms with Crippen molar-refractivity contribution in [1.29, 1.82) is 0 Å². The summed E-state index contributed by atoms with van der Waals surface area (Å²) < 4.78 is 10.4. The van der Waals surface area contributed by atoms with Crippen molar-refractivity contribution in [2.75, 3.05) is 40.0 Å². The van der Waals surface area contributed by atoms with Crippen molar-refractivity contribution >= 4 is 29.9 Å². The van der Waals surface area contributed by atoms with Crippen LogP contribution in [0, 0.1) is 0 Å². The fourth-order valence-corrected chi connectivity index (χ4v) is 1.96. The van der Waals surface area contributed by atoms with Gasteiger partial charge in [-0.2, -0.15) is 0 Å². The Kier molecular flexibility index (Phi) is 12.5. The van der Waals surface area contributed by atoms with Crippen LogP contribution < -0.4 is 15.4 Å². The van der Waals surface area contributed by atoms with Crippen molar-refractivity contribution in [2.24, 2.45) is 4.99 Å². The van der Waals surface area contributed by atoms with Gasteiger partial charge in [0, 0.05) is 19.7 Å². The molecule has 0 saturated carbocycles. The number of guanidine groups is 1. The second-order valence-corrected chi connectivity index (χ2v) is 4.60. The van der Waals surface area contributed by atoms with Gasteiger partial charge in [0.05, 0.1) is 20.3 Å². The summed E-state index contributed by atoms with van der Waals surface area (Å²) in [5.74, 6) is 1.45. The fraction of sp³-hybridized carbons (Fsp3) is 0.562. The monoisotopic (exact) mass is 437 g/mol. The van der Waals surface area contributed by atoms with E-state index in [1.165, 1.54) is 0 Å². The van der Waals surface area contributed by atoms with Gasteiger partial charge in [-0.05, 0) is 31.9 Å². The highest BCUT2D eigenvalue weighted by atomic mass is 127. The number of para-hydroxylation sites is 1. The summed E-state index contributed by atoms with van der Waals surface area (Å²) in [6.45, 7) is 7.39. The van der Waals surface area contributed by atoms with Crippen LogP contribution in [-0.2, 0) is 11.2 Å². The van der Waals surface area contributed by atoms with Gasteiger partial charge in [-0.1, -0.05) is 12.1 Å². The maximum absolute atomic E-state index is 10.0. The van der Waals surface area contributed by atoms with Crippen LogP contribution in [0.2, 0.25) is 0 Å². The van der Waals surface area contributed by atoms with E-state index in [1.54, 1.807) is 13.2 Å². The number of hydrogen-bond donors (Lipinski definition) is 3. The summed E-state index contributed by atoms with van der Waals surface area (Å²) in [5, 5.41) is 16.5. The molecule has 0 bridgehead atoms. The number of ether oxygens (including phenoxy) is 2. The normalized spacial score (nSPS) is 10.8. The molecule has 0 aliphatic carbocycles. The number of methoxy groups -OCH3 is 1. The molecule has 0 aliphatic heterocycles. The molecule has 1 aromatic rings. The van der Waals surface area contributed by atoms with Crippen LogP contribution in [-0.4, -0.2) is 51.0 Å².